The Morgan fingerprint density at radius 2 is 2.00 bits per heavy atom. The number of carbonyl (C=O) groups excluding carboxylic acids is 1. The van der Waals surface area contributed by atoms with Crippen LogP contribution in [0.25, 0.3) is 10.2 Å². The zero-order valence-corrected chi connectivity index (χ0v) is 18.1. The normalized spacial score (nSPS) is 14.9. The molecule has 29 heavy (non-hydrogen) atoms. The number of halogens is 1. The number of piperidine rings is 1. The van der Waals surface area contributed by atoms with Gasteiger partial charge in [-0.1, -0.05) is 11.6 Å². The van der Waals surface area contributed by atoms with Crippen LogP contribution < -0.4 is 9.47 Å². The molecule has 1 aliphatic heterocycles. The molecule has 0 aliphatic carbocycles. The van der Waals surface area contributed by atoms with Crippen LogP contribution in [-0.2, 0) is 0 Å². The van der Waals surface area contributed by atoms with E-state index in [2.05, 4.69) is 0 Å². The molecule has 1 aromatic heterocycles. The molecule has 0 radical (unpaired) electrons. The lowest BCUT2D eigenvalue weighted by molar-refractivity contribution is 0.0712. The summed E-state index contributed by atoms with van der Waals surface area (Å²) in [5.74, 6) is 1.65. The first-order chi connectivity index (χ1) is 14.1. The van der Waals surface area contributed by atoms with Gasteiger partial charge in [0.05, 0.1) is 28.9 Å². The van der Waals surface area contributed by atoms with Crippen LogP contribution in [0.2, 0.25) is 5.02 Å². The highest BCUT2D eigenvalue weighted by Crippen LogP contribution is 2.35. The lowest BCUT2D eigenvalue weighted by Gasteiger charge is -2.31. The van der Waals surface area contributed by atoms with E-state index in [-0.39, 0.29) is 5.91 Å². The van der Waals surface area contributed by atoms with Crippen molar-refractivity contribution in [2.24, 2.45) is 0 Å². The highest BCUT2D eigenvalue weighted by Gasteiger charge is 2.27. The van der Waals surface area contributed by atoms with E-state index >= 15 is 0 Å². The van der Waals surface area contributed by atoms with Crippen LogP contribution in [0.4, 0.5) is 0 Å². The zero-order chi connectivity index (χ0) is 20.4. The van der Waals surface area contributed by atoms with Gasteiger partial charge >= 0.3 is 0 Å². The first-order valence-corrected chi connectivity index (χ1v) is 10.9. The second kappa shape index (κ2) is 8.59. The van der Waals surface area contributed by atoms with Gasteiger partial charge in [0.15, 0.2) is 11.5 Å². The number of amides is 1. The van der Waals surface area contributed by atoms with Crippen molar-refractivity contribution in [2.45, 2.75) is 25.7 Å². The van der Waals surface area contributed by atoms with Crippen molar-refractivity contribution in [3.8, 4) is 11.5 Å². The number of carbonyl (C=O) groups is 1. The Morgan fingerprint density at radius 3 is 2.72 bits per heavy atom. The van der Waals surface area contributed by atoms with Crippen LogP contribution in [0.5, 0.6) is 11.5 Å². The first kappa shape index (κ1) is 20.0. The largest absolute Gasteiger partial charge is 0.493 e. The van der Waals surface area contributed by atoms with Gasteiger partial charge in [0, 0.05) is 29.6 Å². The van der Waals surface area contributed by atoms with E-state index in [0.717, 1.165) is 41.2 Å². The smallest absolute Gasteiger partial charge is 0.253 e. The molecule has 0 bridgehead atoms. The third kappa shape index (κ3) is 4.19. The van der Waals surface area contributed by atoms with E-state index in [1.807, 2.05) is 30.0 Å². The van der Waals surface area contributed by atoms with Crippen LogP contribution in [0, 0.1) is 0 Å². The Morgan fingerprint density at radius 1 is 1.21 bits per heavy atom. The van der Waals surface area contributed by atoms with Gasteiger partial charge in [-0.2, -0.15) is 0 Å². The Hall–Kier alpha value is -2.31. The SMILES string of the molecule is CCOc1ccc(C(=O)N2CCC(c3nc4cc(Cl)ccc4s3)CC2)cc1OC. The van der Waals surface area contributed by atoms with Crippen molar-refractivity contribution in [2.75, 3.05) is 26.8 Å². The number of fused-ring (bicyclic) bond motifs is 1. The van der Waals surface area contributed by atoms with Crippen LogP contribution >= 0.6 is 22.9 Å². The van der Waals surface area contributed by atoms with E-state index in [9.17, 15) is 4.79 Å². The molecule has 7 heteroatoms. The lowest BCUT2D eigenvalue weighted by Crippen LogP contribution is -2.37. The molecule has 0 unspecified atom stereocenters. The quantitative estimate of drug-likeness (QED) is 0.545. The number of hydrogen-bond acceptors (Lipinski definition) is 5. The van der Waals surface area contributed by atoms with Crippen LogP contribution in [-0.4, -0.2) is 42.6 Å². The number of benzene rings is 2. The van der Waals surface area contributed by atoms with Crippen LogP contribution in [0.15, 0.2) is 36.4 Å². The Balaban J connectivity index is 1.44. The average Bonchev–Trinajstić information content (AvgIpc) is 3.17. The van der Waals surface area contributed by atoms with E-state index in [4.69, 9.17) is 26.1 Å². The van der Waals surface area contributed by atoms with E-state index in [1.165, 1.54) is 0 Å². The van der Waals surface area contributed by atoms with Crippen molar-refractivity contribution in [1.29, 1.82) is 0 Å². The molecule has 1 amide bonds. The fraction of sp³-hybridized carbons (Fsp3) is 0.364. The monoisotopic (exact) mass is 430 g/mol. The molecule has 1 saturated heterocycles. The minimum absolute atomic E-state index is 0.0286. The maximum absolute atomic E-state index is 13.0. The number of hydrogen-bond donors (Lipinski definition) is 0. The summed E-state index contributed by atoms with van der Waals surface area (Å²) < 4.78 is 12.1. The molecule has 0 N–H and O–H groups in total. The average molecular weight is 431 g/mol. The number of aromatic nitrogens is 1. The Kier molecular flexibility index (Phi) is 5.92. The van der Waals surface area contributed by atoms with Gasteiger partial charge in [0.2, 0.25) is 0 Å². The summed E-state index contributed by atoms with van der Waals surface area (Å²) >= 11 is 7.80. The van der Waals surface area contributed by atoms with Gasteiger partial charge in [-0.05, 0) is 56.2 Å². The molecule has 1 aliphatic rings. The minimum atomic E-state index is 0.0286. The summed E-state index contributed by atoms with van der Waals surface area (Å²) in [7, 11) is 1.59. The van der Waals surface area contributed by atoms with Crippen LogP contribution in [0.3, 0.4) is 0 Å². The molecule has 3 aromatic rings. The molecular formula is C22H23ClN2O3S. The maximum atomic E-state index is 13.0. The van der Waals surface area contributed by atoms with Crippen molar-refractivity contribution in [3.05, 3.63) is 52.0 Å². The fourth-order valence-corrected chi connectivity index (χ4v) is 4.96. The zero-order valence-electron chi connectivity index (χ0n) is 16.5. The molecular weight excluding hydrogens is 408 g/mol. The van der Waals surface area contributed by atoms with E-state index < -0.39 is 0 Å². The topological polar surface area (TPSA) is 51.7 Å². The number of thiazole rings is 1. The van der Waals surface area contributed by atoms with E-state index in [1.54, 1.807) is 36.6 Å². The Bertz CT molecular complexity index is 1030. The van der Waals surface area contributed by atoms with Gasteiger partial charge in [-0.3, -0.25) is 4.79 Å². The summed E-state index contributed by atoms with van der Waals surface area (Å²) in [6.45, 7) is 3.91. The van der Waals surface area contributed by atoms with Crippen molar-refractivity contribution < 1.29 is 14.3 Å². The van der Waals surface area contributed by atoms with Crippen molar-refractivity contribution >= 4 is 39.1 Å². The third-order valence-corrected chi connectivity index (χ3v) is 6.64. The minimum Gasteiger partial charge on any atom is -0.493 e. The molecule has 4 rings (SSSR count). The van der Waals surface area contributed by atoms with Gasteiger partial charge in [-0.25, -0.2) is 4.98 Å². The molecule has 0 spiro atoms. The molecule has 1 fully saturated rings. The number of methoxy groups -OCH3 is 1. The summed E-state index contributed by atoms with van der Waals surface area (Å²) in [5.41, 5.74) is 1.58. The predicted octanol–water partition coefficient (Wildman–Crippen LogP) is 5.38. The number of ether oxygens (including phenoxy) is 2. The second-order valence-corrected chi connectivity index (χ2v) is 8.53. The molecule has 5 nitrogen and oxygen atoms in total. The van der Waals surface area contributed by atoms with Gasteiger partial charge < -0.3 is 14.4 Å². The molecule has 152 valence electrons. The highest BCUT2D eigenvalue weighted by molar-refractivity contribution is 7.18. The molecule has 0 saturated carbocycles. The van der Waals surface area contributed by atoms with Gasteiger partial charge in [0.25, 0.3) is 5.91 Å². The Labute approximate surface area is 179 Å². The third-order valence-electron chi connectivity index (χ3n) is 5.21. The maximum Gasteiger partial charge on any atom is 0.253 e. The fourth-order valence-electron chi connectivity index (χ4n) is 3.68. The van der Waals surface area contributed by atoms with Gasteiger partial charge in [0.1, 0.15) is 0 Å². The van der Waals surface area contributed by atoms with Crippen LogP contribution in [0.1, 0.15) is 41.0 Å². The van der Waals surface area contributed by atoms with Crippen molar-refractivity contribution in [1.82, 2.24) is 9.88 Å². The predicted molar refractivity (Wildman–Crippen MR) is 117 cm³/mol. The molecule has 0 atom stereocenters. The summed E-state index contributed by atoms with van der Waals surface area (Å²) in [6, 6.07) is 11.2. The summed E-state index contributed by atoms with van der Waals surface area (Å²) in [4.78, 5) is 19.6. The summed E-state index contributed by atoms with van der Waals surface area (Å²) in [6.07, 6.45) is 1.82. The van der Waals surface area contributed by atoms with Gasteiger partial charge in [-0.15, -0.1) is 11.3 Å². The van der Waals surface area contributed by atoms with E-state index in [0.29, 0.717) is 34.6 Å². The molecule has 2 aromatic carbocycles. The standard InChI is InChI=1S/C22H23ClN2O3S/c1-3-28-18-6-4-15(12-19(18)27-2)22(26)25-10-8-14(9-11-25)21-24-17-13-16(23)5-7-20(17)29-21/h4-7,12-14H,3,8-11H2,1-2H3. The number of nitrogens with zero attached hydrogens (tertiary/aromatic N) is 2. The second-order valence-electron chi connectivity index (χ2n) is 7.03. The lowest BCUT2D eigenvalue weighted by atomic mass is 9.97. The summed E-state index contributed by atoms with van der Waals surface area (Å²) in [5, 5.41) is 1.85. The first-order valence-electron chi connectivity index (χ1n) is 9.75. The number of likely N-dealkylation sites (tertiary alicyclic amines) is 1. The highest BCUT2D eigenvalue weighted by atomic mass is 35.5. The van der Waals surface area contributed by atoms with Crippen molar-refractivity contribution in [3.63, 3.8) is 0 Å². The number of rotatable bonds is 5. The molecule has 2 heterocycles.